The Balaban J connectivity index is 1.38. The minimum absolute atomic E-state index is 0.0189. The first kappa shape index (κ1) is 27.0. The fourth-order valence-electron chi connectivity index (χ4n) is 5.47. The summed E-state index contributed by atoms with van der Waals surface area (Å²) in [6, 6.07) is 12.2. The second-order valence-corrected chi connectivity index (χ2v) is 10.4. The largest absolute Gasteiger partial charge is 0.495 e. The second-order valence-electron chi connectivity index (χ2n) is 9.79. The van der Waals surface area contributed by atoms with Crippen molar-refractivity contribution in [3.8, 4) is 5.75 Å². The summed E-state index contributed by atoms with van der Waals surface area (Å²) < 4.78 is 33.6. The van der Waals surface area contributed by atoms with Crippen molar-refractivity contribution in [1.82, 2.24) is 15.3 Å². The fourth-order valence-corrected chi connectivity index (χ4v) is 5.84. The van der Waals surface area contributed by atoms with Gasteiger partial charge in [0, 0.05) is 41.8 Å². The monoisotopic (exact) mass is 556 g/mol. The van der Waals surface area contributed by atoms with Crippen LogP contribution in [0.1, 0.15) is 34.5 Å². The Morgan fingerprint density at radius 1 is 1.21 bits per heavy atom. The number of hydrogen-bond acceptors (Lipinski definition) is 6. The molecular formula is C28H27ClF2N4O4. The molecule has 0 unspecified atom stereocenters. The molecule has 3 heterocycles. The summed E-state index contributed by atoms with van der Waals surface area (Å²) in [5, 5.41) is 13.8. The van der Waals surface area contributed by atoms with Gasteiger partial charge in [-0.25, -0.2) is 8.78 Å². The van der Waals surface area contributed by atoms with Crippen LogP contribution in [0.3, 0.4) is 0 Å². The molecule has 2 N–H and O–H groups in total. The lowest BCUT2D eigenvalue weighted by Gasteiger charge is -2.40. The summed E-state index contributed by atoms with van der Waals surface area (Å²) >= 11 is 6.72. The van der Waals surface area contributed by atoms with E-state index in [9.17, 15) is 23.5 Å². The maximum Gasteiger partial charge on any atom is 0.270 e. The van der Waals surface area contributed by atoms with E-state index in [1.54, 1.807) is 42.5 Å². The van der Waals surface area contributed by atoms with Crippen molar-refractivity contribution >= 4 is 29.1 Å². The third-order valence-electron chi connectivity index (χ3n) is 7.55. The van der Waals surface area contributed by atoms with Crippen LogP contribution >= 0.6 is 11.6 Å². The zero-order valence-corrected chi connectivity index (χ0v) is 21.8. The number of ether oxygens (including phenoxy) is 1. The average molecular weight is 557 g/mol. The maximum atomic E-state index is 14.2. The number of anilines is 1. The molecule has 0 radical (unpaired) electrons. The summed E-state index contributed by atoms with van der Waals surface area (Å²) in [4.78, 5) is 36.0. The molecule has 3 aromatic rings. The highest BCUT2D eigenvalue weighted by molar-refractivity contribution is 6.21. The van der Waals surface area contributed by atoms with Crippen LogP contribution in [0.25, 0.3) is 0 Å². The lowest BCUT2D eigenvalue weighted by atomic mass is 9.77. The SMILES string of the molecule is COc1ccc([C@@]2(O)C(=O)N(C[C@H]3C[C@@H](C(F)F)[C@H](NC(=O)c4cccnc4)C[C@H]3Cl)c3ccccc32)nc1. The van der Waals surface area contributed by atoms with E-state index in [0.717, 1.165) is 0 Å². The number of halogens is 3. The van der Waals surface area contributed by atoms with Crippen molar-refractivity contribution in [2.75, 3.05) is 18.6 Å². The van der Waals surface area contributed by atoms with E-state index in [1.165, 1.54) is 36.7 Å². The average Bonchev–Trinajstić information content (AvgIpc) is 3.17. The van der Waals surface area contributed by atoms with E-state index < -0.39 is 47.1 Å². The van der Waals surface area contributed by atoms with Gasteiger partial charge in [0.05, 0.1) is 30.3 Å². The standard InChI is InChI=1S/C28H27ClF2N4O4/c1-39-18-8-9-24(33-14-18)28(38)20-6-2-3-7-23(20)35(27(28)37)15-17-11-19(25(30)31)22(12-21(17)29)34-26(36)16-5-4-10-32-13-16/h2-10,13-14,17,19,21-22,25,38H,11-12,15H2,1H3,(H,34,36)/t17-,19-,21-,22-,28-/m1/s1. The molecular weight excluding hydrogens is 530 g/mol. The van der Waals surface area contributed by atoms with Gasteiger partial charge in [0.2, 0.25) is 12.0 Å². The van der Waals surface area contributed by atoms with Crippen molar-refractivity contribution in [2.45, 2.75) is 36.3 Å². The number of para-hydroxylation sites is 1. The Kier molecular flexibility index (Phi) is 7.51. The number of aliphatic hydroxyl groups is 1. The van der Waals surface area contributed by atoms with Crippen LogP contribution in [-0.4, -0.2) is 58.4 Å². The van der Waals surface area contributed by atoms with Crippen molar-refractivity contribution < 1.29 is 28.2 Å². The molecule has 1 aromatic carbocycles. The number of carbonyl (C=O) groups excluding carboxylic acids is 2. The van der Waals surface area contributed by atoms with Gasteiger partial charge in [0.15, 0.2) is 0 Å². The van der Waals surface area contributed by atoms with Gasteiger partial charge in [0.1, 0.15) is 5.75 Å². The van der Waals surface area contributed by atoms with Gasteiger partial charge in [-0.3, -0.25) is 19.6 Å². The van der Waals surface area contributed by atoms with Crippen LogP contribution < -0.4 is 15.0 Å². The lowest BCUT2D eigenvalue weighted by Crippen LogP contribution is -2.52. The molecule has 2 amide bonds. The Labute approximate surface area is 229 Å². The van der Waals surface area contributed by atoms with Crippen LogP contribution in [-0.2, 0) is 10.4 Å². The molecule has 5 rings (SSSR count). The third kappa shape index (κ3) is 4.94. The number of pyridine rings is 2. The second kappa shape index (κ2) is 10.9. The minimum atomic E-state index is -2.71. The number of fused-ring (bicyclic) bond motifs is 1. The quantitative estimate of drug-likeness (QED) is 0.429. The lowest BCUT2D eigenvalue weighted by molar-refractivity contribution is -0.132. The van der Waals surface area contributed by atoms with Crippen LogP contribution in [0, 0.1) is 11.8 Å². The van der Waals surface area contributed by atoms with Crippen LogP contribution in [0.2, 0.25) is 0 Å². The van der Waals surface area contributed by atoms with Crippen molar-refractivity contribution in [3.63, 3.8) is 0 Å². The van der Waals surface area contributed by atoms with Crippen molar-refractivity contribution in [1.29, 1.82) is 0 Å². The van der Waals surface area contributed by atoms with Gasteiger partial charge in [0.25, 0.3) is 11.8 Å². The zero-order valence-electron chi connectivity index (χ0n) is 21.0. The molecule has 1 fully saturated rings. The number of nitrogens with one attached hydrogen (secondary N) is 1. The van der Waals surface area contributed by atoms with Crippen LogP contribution in [0.4, 0.5) is 14.5 Å². The predicted molar refractivity (Wildman–Crippen MR) is 140 cm³/mol. The molecule has 8 nitrogen and oxygen atoms in total. The molecule has 2 aromatic heterocycles. The number of amides is 2. The molecule has 1 saturated carbocycles. The number of methoxy groups -OCH3 is 1. The number of carbonyl (C=O) groups is 2. The molecule has 1 aliphatic heterocycles. The fraction of sp³-hybridized carbons (Fsp3) is 0.357. The van der Waals surface area contributed by atoms with E-state index in [1.807, 2.05) is 0 Å². The van der Waals surface area contributed by atoms with E-state index in [2.05, 4.69) is 15.3 Å². The third-order valence-corrected chi connectivity index (χ3v) is 8.08. The molecule has 39 heavy (non-hydrogen) atoms. The van der Waals surface area contributed by atoms with Gasteiger partial charge in [-0.1, -0.05) is 18.2 Å². The van der Waals surface area contributed by atoms with Crippen molar-refractivity contribution in [2.24, 2.45) is 11.8 Å². The topological polar surface area (TPSA) is 105 Å². The molecule has 11 heteroatoms. The summed E-state index contributed by atoms with van der Waals surface area (Å²) in [5.74, 6) is -2.35. The summed E-state index contributed by atoms with van der Waals surface area (Å²) in [6.45, 7) is 0.0228. The molecule has 0 bridgehead atoms. The molecule has 204 valence electrons. The van der Waals surface area contributed by atoms with E-state index in [4.69, 9.17) is 16.3 Å². The first-order valence-corrected chi connectivity index (χ1v) is 12.9. The molecule has 1 aliphatic carbocycles. The van der Waals surface area contributed by atoms with Crippen LogP contribution in [0.15, 0.2) is 67.1 Å². The highest BCUT2D eigenvalue weighted by Gasteiger charge is 2.53. The van der Waals surface area contributed by atoms with Gasteiger partial charge in [-0.05, 0) is 49.1 Å². The maximum absolute atomic E-state index is 14.2. The Morgan fingerprint density at radius 2 is 2.00 bits per heavy atom. The normalized spacial score (nSPS) is 26.4. The number of rotatable bonds is 7. The highest BCUT2D eigenvalue weighted by atomic mass is 35.5. The van der Waals surface area contributed by atoms with E-state index >= 15 is 0 Å². The Hall–Kier alpha value is -3.63. The number of alkyl halides is 3. The van der Waals surface area contributed by atoms with Crippen molar-refractivity contribution in [3.05, 3.63) is 83.9 Å². The first-order valence-electron chi connectivity index (χ1n) is 12.5. The molecule has 0 spiro atoms. The predicted octanol–water partition coefficient (Wildman–Crippen LogP) is 3.77. The van der Waals surface area contributed by atoms with Gasteiger partial charge < -0.3 is 20.1 Å². The first-order chi connectivity index (χ1) is 18.7. The van der Waals surface area contributed by atoms with E-state index in [-0.39, 0.29) is 30.6 Å². The molecule has 5 atom stereocenters. The summed E-state index contributed by atoms with van der Waals surface area (Å²) in [5.41, 5.74) is -0.849. The van der Waals surface area contributed by atoms with Gasteiger partial charge in [-0.15, -0.1) is 11.6 Å². The molecule has 0 saturated heterocycles. The number of nitrogens with zero attached hydrogens (tertiary/aromatic N) is 3. The summed E-state index contributed by atoms with van der Waals surface area (Å²) in [6.07, 6.45) is 1.66. The highest BCUT2D eigenvalue weighted by Crippen LogP contribution is 2.46. The number of hydrogen-bond donors (Lipinski definition) is 2. The summed E-state index contributed by atoms with van der Waals surface area (Å²) in [7, 11) is 1.48. The van der Waals surface area contributed by atoms with Gasteiger partial charge >= 0.3 is 0 Å². The van der Waals surface area contributed by atoms with Gasteiger partial charge in [-0.2, -0.15) is 0 Å². The minimum Gasteiger partial charge on any atom is -0.495 e. The molecule has 2 aliphatic rings. The van der Waals surface area contributed by atoms with Crippen LogP contribution in [0.5, 0.6) is 5.75 Å². The zero-order chi connectivity index (χ0) is 27.7. The van der Waals surface area contributed by atoms with E-state index in [0.29, 0.717) is 17.0 Å². The number of aromatic nitrogens is 2. The Morgan fingerprint density at radius 3 is 2.67 bits per heavy atom. The number of benzene rings is 1. The smallest absolute Gasteiger partial charge is 0.270 e. The Bertz CT molecular complexity index is 1350.